The first-order valence-electron chi connectivity index (χ1n) is 11.1. The molecule has 1 N–H and O–H groups in total. The number of anilines is 1. The van der Waals surface area contributed by atoms with E-state index in [1.165, 1.54) is 4.57 Å². The number of thiol groups is 1. The van der Waals surface area contributed by atoms with Gasteiger partial charge in [-0.1, -0.05) is 16.7 Å². The molecule has 1 unspecified atom stereocenters. The van der Waals surface area contributed by atoms with Gasteiger partial charge in [0.15, 0.2) is 0 Å². The molecule has 2 aromatic heterocycles. The molecule has 34 heavy (non-hydrogen) atoms. The molecule has 3 aromatic rings. The SMILES string of the molecule is C[C@@H]1CN(c2nc(=O)n3c4c(cc(C(F)(F)F)cc24)[SH](Cl)C[C@@H](c2ccccn2)C3)C[C@H](C)N1. The van der Waals surface area contributed by atoms with Crippen molar-refractivity contribution >= 4 is 37.5 Å². The molecule has 0 bridgehead atoms. The summed E-state index contributed by atoms with van der Waals surface area (Å²) in [6.45, 7) is 5.34. The van der Waals surface area contributed by atoms with Crippen LogP contribution in [0.3, 0.4) is 0 Å². The first kappa shape index (κ1) is 23.4. The second kappa shape index (κ2) is 8.73. The third-order valence-electron chi connectivity index (χ3n) is 6.37. The molecule has 0 saturated carbocycles. The predicted molar refractivity (Wildman–Crippen MR) is 130 cm³/mol. The molecule has 4 heterocycles. The van der Waals surface area contributed by atoms with Crippen molar-refractivity contribution < 1.29 is 13.2 Å². The molecule has 1 fully saturated rings. The van der Waals surface area contributed by atoms with Crippen molar-refractivity contribution in [3.05, 3.63) is 58.3 Å². The number of nitrogens with zero attached hydrogens (tertiary/aromatic N) is 4. The lowest BCUT2D eigenvalue weighted by molar-refractivity contribution is -0.137. The van der Waals surface area contributed by atoms with Crippen LogP contribution in [-0.2, 0) is 12.7 Å². The van der Waals surface area contributed by atoms with Crippen molar-refractivity contribution in [3.8, 4) is 0 Å². The summed E-state index contributed by atoms with van der Waals surface area (Å²) in [4.78, 5) is 24.4. The van der Waals surface area contributed by atoms with Crippen molar-refractivity contribution in [1.29, 1.82) is 0 Å². The average molecular weight is 512 g/mol. The standard InChI is InChI=1S/C23H25ClF3N5OS/c1-13-9-31(10-14(2)29-13)21-17-7-16(23(25,26)27)8-19-20(17)32(22(33)30-21)11-15(12-34(19)24)18-5-3-4-6-28-18/h3-8,13-15,29,34H,9-12H2,1-2H3/t13-,14+,15-/m0/s1. The molecule has 0 spiro atoms. The Kier molecular flexibility index (Phi) is 6.02. The lowest BCUT2D eigenvalue weighted by Crippen LogP contribution is -2.55. The van der Waals surface area contributed by atoms with Crippen LogP contribution < -0.4 is 15.9 Å². The Balaban J connectivity index is 1.76. The molecular formula is C23H25ClF3N5OS. The summed E-state index contributed by atoms with van der Waals surface area (Å²) in [6, 6.07) is 7.94. The van der Waals surface area contributed by atoms with Crippen LogP contribution >= 0.6 is 20.8 Å². The van der Waals surface area contributed by atoms with Crippen LogP contribution in [0.4, 0.5) is 19.0 Å². The number of pyridine rings is 1. The maximum Gasteiger partial charge on any atom is 0.416 e. The predicted octanol–water partition coefficient (Wildman–Crippen LogP) is 4.31. The molecule has 2 aliphatic heterocycles. The lowest BCUT2D eigenvalue weighted by Gasteiger charge is -2.37. The number of piperazine rings is 1. The highest BCUT2D eigenvalue weighted by atomic mass is 35.7. The fraction of sp³-hybridized carbons (Fsp3) is 0.435. The zero-order valence-corrected chi connectivity index (χ0v) is 20.3. The number of benzene rings is 1. The maximum absolute atomic E-state index is 13.9. The number of halogens is 4. The minimum atomic E-state index is -4.55. The molecular weight excluding hydrogens is 487 g/mol. The zero-order chi connectivity index (χ0) is 24.2. The Morgan fingerprint density at radius 2 is 1.88 bits per heavy atom. The highest BCUT2D eigenvalue weighted by Gasteiger charge is 2.36. The normalized spacial score (nSPS) is 26.5. The first-order valence-corrected chi connectivity index (χ1v) is 13.6. The summed E-state index contributed by atoms with van der Waals surface area (Å²) in [6.07, 6.45) is -2.88. The van der Waals surface area contributed by atoms with Gasteiger partial charge in [-0.05, 0) is 38.1 Å². The van der Waals surface area contributed by atoms with Gasteiger partial charge in [0.05, 0.1) is 11.1 Å². The van der Waals surface area contributed by atoms with Crippen LogP contribution in [0.25, 0.3) is 10.9 Å². The zero-order valence-electron chi connectivity index (χ0n) is 18.7. The molecule has 1 aromatic carbocycles. The fourth-order valence-corrected chi connectivity index (χ4v) is 7.54. The van der Waals surface area contributed by atoms with Crippen LogP contribution in [-0.4, -0.2) is 45.5 Å². The minimum Gasteiger partial charge on any atom is -0.353 e. The van der Waals surface area contributed by atoms with Crippen LogP contribution in [0.2, 0.25) is 0 Å². The van der Waals surface area contributed by atoms with Gasteiger partial charge in [0.2, 0.25) is 0 Å². The van der Waals surface area contributed by atoms with E-state index in [-0.39, 0.29) is 24.5 Å². The summed E-state index contributed by atoms with van der Waals surface area (Å²) >= 11 is 0. The van der Waals surface area contributed by atoms with Gasteiger partial charge in [0.1, 0.15) is 5.82 Å². The summed E-state index contributed by atoms with van der Waals surface area (Å²) in [5.41, 5.74) is -0.0380. The third kappa shape index (κ3) is 4.27. The topological polar surface area (TPSA) is 63.1 Å². The van der Waals surface area contributed by atoms with Gasteiger partial charge in [-0.3, -0.25) is 9.55 Å². The van der Waals surface area contributed by atoms with Crippen molar-refractivity contribution in [2.75, 3.05) is 23.7 Å². The van der Waals surface area contributed by atoms with E-state index in [4.69, 9.17) is 10.7 Å². The smallest absolute Gasteiger partial charge is 0.353 e. The number of hydrogen-bond donors (Lipinski definition) is 2. The third-order valence-corrected chi connectivity index (χ3v) is 8.95. The van der Waals surface area contributed by atoms with E-state index in [1.54, 1.807) is 12.3 Å². The van der Waals surface area contributed by atoms with Crippen LogP contribution in [0.15, 0.2) is 46.2 Å². The molecule has 0 amide bonds. The molecule has 182 valence electrons. The van der Waals surface area contributed by atoms with Crippen molar-refractivity contribution in [3.63, 3.8) is 0 Å². The molecule has 5 rings (SSSR count). The number of alkyl halides is 3. The van der Waals surface area contributed by atoms with E-state index >= 15 is 0 Å². The Bertz CT molecular complexity index is 1280. The Morgan fingerprint density at radius 3 is 2.53 bits per heavy atom. The maximum atomic E-state index is 13.9. The van der Waals surface area contributed by atoms with Crippen molar-refractivity contribution in [2.24, 2.45) is 0 Å². The Morgan fingerprint density at radius 1 is 1.15 bits per heavy atom. The fourth-order valence-electron chi connectivity index (χ4n) is 5.01. The summed E-state index contributed by atoms with van der Waals surface area (Å²) in [7, 11) is 5.34. The van der Waals surface area contributed by atoms with Gasteiger partial charge >= 0.3 is 11.9 Å². The van der Waals surface area contributed by atoms with E-state index in [9.17, 15) is 18.0 Å². The van der Waals surface area contributed by atoms with Gasteiger partial charge < -0.3 is 10.2 Å². The van der Waals surface area contributed by atoms with E-state index < -0.39 is 27.5 Å². The largest absolute Gasteiger partial charge is 0.416 e. The summed E-state index contributed by atoms with van der Waals surface area (Å²) in [5.74, 6) is 0.502. The Labute approximate surface area is 202 Å². The van der Waals surface area contributed by atoms with Crippen LogP contribution in [0.5, 0.6) is 0 Å². The first-order chi connectivity index (χ1) is 16.1. The van der Waals surface area contributed by atoms with E-state index in [1.807, 2.05) is 30.9 Å². The lowest BCUT2D eigenvalue weighted by atomic mass is 10.1. The van der Waals surface area contributed by atoms with Crippen LogP contribution in [0.1, 0.15) is 31.0 Å². The molecule has 1 saturated heterocycles. The second-order valence-corrected chi connectivity index (χ2v) is 11.9. The molecule has 4 atom stereocenters. The van der Waals surface area contributed by atoms with Crippen LogP contribution in [0, 0.1) is 0 Å². The molecule has 2 aliphatic rings. The van der Waals surface area contributed by atoms with E-state index in [0.29, 0.717) is 40.5 Å². The monoisotopic (exact) mass is 511 g/mol. The van der Waals surface area contributed by atoms with Gasteiger partial charge in [0.25, 0.3) is 0 Å². The Hall–Kier alpha value is -2.30. The molecule has 6 nitrogen and oxygen atoms in total. The van der Waals surface area contributed by atoms with Crippen molar-refractivity contribution in [2.45, 2.75) is 49.5 Å². The highest BCUT2D eigenvalue weighted by Crippen LogP contribution is 2.51. The molecule has 11 heteroatoms. The quantitative estimate of drug-likeness (QED) is 0.502. The average Bonchev–Trinajstić information content (AvgIpc) is 2.93. The minimum absolute atomic E-state index is 0.0997. The van der Waals surface area contributed by atoms with Gasteiger partial charge in [-0.15, -0.1) is 10.1 Å². The van der Waals surface area contributed by atoms with E-state index in [2.05, 4.69) is 15.3 Å². The number of rotatable bonds is 2. The highest BCUT2D eigenvalue weighted by molar-refractivity contribution is 8.36. The van der Waals surface area contributed by atoms with Crippen molar-refractivity contribution in [1.82, 2.24) is 19.9 Å². The second-order valence-electron chi connectivity index (χ2n) is 9.09. The summed E-state index contributed by atoms with van der Waals surface area (Å²) in [5, 5.41) is 3.73. The van der Waals surface area contributed by atoms with Gasteiger partial charge in [0, 0.05) is 65.6 Å². The number of aromatic nitrogens is 3. The number of nitrogens with one attached hydrogen (secondary N) is 1. The van der Waals surface area contributed by atoms with E-state index in [0.717, 1.165) is 17.8 Å². The molecule has 0 aliphatic carbocycles. The summed E-state index contributed by atoms with van der Waals surface area (Å²) < 4.78 is 43.3. The van der Waals surface area contributed by atoms with Gasteiger partial charge in [-0.25, -0.2) is 4.79 Å². The number of hydrogen-bond acceptors (Lipinski definition) is 5. The molecule has 0 radical (unpaired) electrons. The van der Waals surface area contributed by atoms with Gasteiger partial charge in [-0.2, -0.15) is 18.2 Å².